The van der Waals surface area contributed by atoms with Gasteiger partial charge in [0.25, 0.3) is 0 Å². The van der Waals surface area contributed by atoms with Gasteiger partial charge in [-0.1, -0.05) is 88.8 Å². The summed E-state index contributed by atoms with van der Waals surface area (Å²) in [5.41, 5.74) is 0. The molecule has 2 aliphatic heterocycles. The van der Waals surface area contributed by atoms with Crippen molar-refractivity contribution in [1.82, 2.24) is 0 Å². The van der Waals surface area contributed by atoms with Crippen LogP contribution in [0.25, 0.3) is 0 Å². The summed E-state index contributed by atoms with van der Waals surface area (Å²) in [5, 5.41) is 72.1. The second-order valence-electron chi connectivity index (χ2n) is 17.9. The number of aliphatic hydroxyl groups excluding tert-OH is 7. The highest BCUT2D eigenvalue weighted by molar-refractivity contribution is 5.95. The number of aliphatic hydroxyl groups is 7. The number of hydrogen-bond donors (Lipinski definition) is 7. The number of hydrogen-bond acceptors (Lipinski definition) is 17. The molecule has 0 spiro atoms. The number of unbranched alkanes of at least 4 members (excludes halogenated alkanes) is 6. The minimum atomic E-state index is -1.80. The van der Waals surface area contributed by atoms with Crippen molar-refractivity contribution < 1.29 is 83.3 Å². The zero-order valence-electron chi connectivity index (χ0n) is 38.6. The summed E-state index contributed by atoms with van der Waals surface area (Å²) >= 11 is 0. The van der Waals surface area contributed by atoms with Gasteiger partial charge in [-0.15, -0.1) is 0 Å². The van der Waals surface area contributed by atoms with Crippen LogP contribution in [0.2, 0.25) is 0 Å². The number of carbonyl (C=O) groups is 4. The third-order valence-corrected chi connectivity index (χ3v) is 12.8. The van der Waals surface area contributed by atoms with Gasteiger partial charge in [-0.05, 0) is 75.4 Å². The van der Waals surface area contributed by atoms with Gasteiger partial charge < -0.3 is 64.2 Å². The highest BCUT2D eigenvalue weighted by Gasteiger charge is 2.48. The summed E-state index contributed by atoms with van der Waals surface area (Å²) in [6, 6.07) is 0. The molecule has 374 valence electrons. The molecule has 2 saturated heterocycles. The lowest BCUT2D eigenvalue weighted by Crippen LogP contribution is -2.61. The number of ketones is 2. The first-order valence-electron chi connectivity index (χ1n) is 24.1. The lowest BCUT2D eigenvalue weighted by Gasteiger charge is -2.42. The molecule has 5 unspecified atom stereocenters. The zero-order chi connectivity index (χ0) is 48.0. The second-order valence-corrected chi connectivity index (χ2v) is 17.9. The smallest absolute Gasteiger partial charge is 0.306 e. The normalized spacial score (nSPS) is 32.8. The molecule has 2 fully saturated rings. The molecule has 7 N–H and O–H groups in total. The SMILES string of the molecule is CC/C=C/CC1C(=O)C=CC1CCCCCCCC(=O)OC(COC(=O)CCCCCC1C=CC(=O)C1C/C=C/CC)CO[C@@H]1O[C@H](CO[C@@H]2O[C@H](CO)[C@H](O)[C@H](O)[C@H]2O)[C@H](O)[C@H](O)[C@H]1O. The Labute approximate surface area is 388 Å². The summed E-state index contributed by atoms with van der Waals surface area (Å²) in [7, 11) is 0. The maximum atomic E-state index is 13.1. The first kappa shape index (κ1) is 55.4. The van der Waals surface area contributed by atoms with Crippen LogP contribution in [0.3, 0.4) is 0 Å². The quantitative estimate of drug-likeness (QED) is 0.0310. The molecule has 0 amide bonds. The predicted molar refractivity (Wildman–Crippen MR) is 239 cm³/mol. The van der Waals surface area contributed by atoms with E-state index >= 15 is 0 Å². The predicted octanol–water partition coefficient (Wildman–Crippen LogP) is 3.22. The monoisotopic (exact) mass is 937 g/mol. The van der Waals surface area contributed by atoms with E-state index in [2.05, 4.69) is 31.2 Å². The molecule has 17 heteroatoms. The molecule has 15 atom stereocenters. The highest BCUT2D eigenvalue weighted by Crippen LogP contribution is 2.32. The molecule has 0 aromatic carbocycles. The van der Waals surface area contributed by atoms with Gasteiger partial charge in [0, 0.05) is 24.7 Å². The van der Waals surface area contributed by atoms with Crippen molar-refractivity contribution in [3.8, 4) is 0 Å². The van der Waals surface area contributed by atoms with Gasteiger partial charge in [-0.25, -0.2) is 0 Å². The lowest BCUT2D eigenvalue weighted by atomic mass is 9.87. The molecule has 0 bridgehead atoms. The molecule has 2 heterocycles. The Balaban J connectivity index is 1.25. The average molecular weight is 937 g/mol. The summed E-state index contributed by atoms with van der Waals surface area (Å²) in [6.45, 7) is 2.03. The van der Waals surface area contributed by atoms with Crippen molar-refractivity contribution in [2.75, 3.05) is 26.4 Å². The Hall–Kier alpha value is -3.20. The molecule has 4 rings (SSSR count). The third-order valence-electron chi connectivity index (χ3n) is 12.8. The zero-order valence-corrected chi connectivity index (χ0v) is 38.6. The van der Waals surface area contributed by atoms with Crippen LogP contribution in [0.15, 0.2) is 48.6 Å². The van der Waals surface area contributed by atoms with Crippen LogP contribution in [0.5, 0.6) is 0 Å². The Morgan fingerprint density at radius 3 is 1.65 bits per heavy atom. The fraction of sp³-hybridized carbons (Fsp3) is 0.755. The van der Waals surface area contributed by atoms with E-state index in [1.807, 2.05) is 19.1 Å². The number of esters is 2. The third kappa shape index (κ3) is 17.4. The molecule has 4 aliphatic rings. The fourth-order valence-electron chi connectivity index (χ4n) is 8.78. The van der Waals surface area contributed by atoms with Crippen molar-refractivity contribution in [3.05, 3.63) is 48.6 Å². The van der Waals surface area contributed by atoms with Gasteiger partial charge in [0.1, 0.15) is 55.4 Å². The van der Waals surface area contributed by atoms with Gasteiger partial charge in [0.2, 0.25) is 0 Å². The van der Waals surface area contributed by atoms with Crippen molar-refractivity contribution in [1.29, 1.82) is 0 Å². The van der Waals surface area contributed by atoms with Crippen LogP contribution in [0, 0.1) is 23.7 Å². The summed E-state index contributed by atoms with van der Waals surface area (Å²) in [4.78, 5) is 50.6. The fourth-order valence-corrected chi connectivity index (χ4v) is 8.78. The topological polar surface area (TPSA) is 265 Å². The Morgan fingerprint density at radius 1 is 0.606 bits per heavy atom. The standard InChI is InChI=1S/C49H76O17/c1-3-5-11-19-34-31(23-25-36(34)51)17-13-8-7-9-15-22-41(54)64-33(28-61-40(53)21-16-10-14-18-32-24-26-37(52)35(32)20-12-6-4-2)29-62-48-47(60)45(58)43(56)39(66-48)30-63-49-46(59)44(57)42(55)38(27-50)65-49/h5-6,11-12,23-26,31-35,38-39,42-50,55-60H,3-4,7-10,13-22,27-30H2,1-2H3/b11-5+,12-6+/t31?,32?,33?,34?,35?,38-,39-,42+,43+,44+,45+,46-,47-,48-,49-/m1/s1. The van der Waals surface area contributed by atoms with Crippen molar-refractivity contribution >= 4 is 23.5 Å². The van der Waals surface area contributed by atoms with Crippen LogP contribution in [0.4, 0.5) is 0 Å². The number of allylic oxidation sites excluding steroid dienone is 8. The second kappa shape index (κ2) is 29.6. The highest BCUT2D eigenvalue weighted by atomic mass is 16.7. The van der Waals surface area contributed by atoms with Crippen LogP contribution in [-0.4, -0.2) is 153 Å². The largest absolute Gasteiger partial charge is 0.462 e. The van der Waals surface area contributed by atoms with E-state index in [0.717, 1.165) is 70.6 Å². The van der Waals surface area contributed by atoms with Crippen molar-refractivity contribution in [2.45, 2.75) is 184 Å². The number of carbonyl (C=O) groups excluding carboxylic acids is 4. The van der Waals surface area contributed by atoms with E-state index in [1.165, 1.54) is 0 Å². The Kier molecular flexibility index (Phi) is 24.9. The maximum absolute atomic E-state index is 13.1. The minimum absolute atomic E-state index is 0.00779. The van der Waals surface area contributed by atoms with Crippen LogP contribution < -0.4 is 0 Å². The number of rotatable bonds is 30. The first-order valence-corrected chi connectivity index (χ1v) is 24.1. The van der Waals surface area contributed by atoms with Gasteiger partial charge in [-0.3, -0.25) is 19.2 Å². The molecule has 0 radical (unpaired) electrons. The van der Waals surface area contributed by atoms with E-state index in [9.17, 15) is 54.9 Å². The van der Waals surface area contributed by atoms with E-state index < -0.39 is 99.3 Å². The van der Waals surface area contributed by atoms with Gasteiger partial charge in [-0.2, -0.15) is 0 Å². The molecule has 0 saturated carbocycles. The molecule has 0 aromatic heterocycles. The Morgan fingerprint density at radius 2 is 1.09 bits per heavy atom. The number of ether oxygens (including phenoxy) is 6. The van der Waals surface area contributed by atoms with Crippen LogP contribution in [-0.2, 0) is 47.6 Å². The van der Waals surface area contributed by atoms with Crippen molar-refractivity contribution in [2.24, 2.45) is 23.7 Å². The molecular weight excluding hydrogens is 861 g/mol. The van der Waals surface area contributed by atoms with Crippen LogP contribution in [0.1, 0.15) is 117 Å². The molecule has 66 heavy (non-hydrogen) atoms. The van der Waals surface area contributed by atoms with Crippen molar-refractivity contribution in [3.63, 3.8) is 0 Å². The molecule has 2 aliphatic carbocycles. The maximum Gasteiger partial charge on any atom is 0.306 e. The van der Waals surface area contributed by atoms with Crippen LogP contribution >= 0.6 is 0 Å². The van der Waals surface area contributed by atoms with E-state index in [4.69, 9.17) is 28.4 Å². The van der Waals surface area contributed by atoms with E-state index in [-0.39, 0.29) is 54.7 Å². The van der Waals surface area contributed by atoms with Gasteiger partial charge in [0.15, 0.2) is 30.3 Å². The summed E-state index contributed by atoms with van der Waals surface area (Å²) < 4.78 is 33.5. The average Bonchev–Trinajstić information content (AvgIpc) is 3.84. The molecule has 17 nitrogen and oxygen atoms in total. The Bertz CT molecular complexity index is 1590. The minimum Gasteiger partial charge on any atom is -0.462 e. The van der Waals surface area contributed by atoms with Gasteiger partial charge in [0.05, 0.1) is 19.8 Å². The molecular formula is C49H76O17. The van der Waals surface area contributed by atoms with Gasteiger partial charge >= 0.3 is 11.9 Å². The first-order chi connectivity index (χ1) is 31.8. The van der Waals surface area contributed by atoms with E-state index in [0.29, 0.717) is 19.3 Å². The van der Waals surface area contributed by atoms with E-state index in [1.54, 1.807) is 12.2 Å². The lowest BCUT2D eigenvalue weighted by molar-refractivity contribution is -0.332. The molecule has 0 aromatic rings. The summed E-state index contributed by atoms with van der Waals surface area (Å²) in [5.74, 6) is -0.379. The summed E-state index contributed by atoms with van der Waals surface area (Å²) in [6.07, 6.45) is 9.82.